The Hall–Kier alpha value is -3.68. The molecule has 5 rings (SSSR count). The van der Waals surface area contributed by atoms with E-state index in [9.17, 15) is 9.59 Å². The first kappa shape index (κ1) is 20.2. The van der Waals surface area contributed by atoms with Crippen molar-refractivity contribution < 1.29 is 23.6 Å². The minimum atomic E-state index is -0.00394. The van der Waals surface area contributed by atoms with Crippen LogP contribution in [0.1, 0.15) is 47.8 Å². The normalized spacial score (nSPS) is 15.7. The average Bonchev–Trinajstić information content (AvgIpc) is 3.52. The van der Waals surface area contributed by atoms with Crippen molar-refractivity contribution in [3.05, 3.63) is 60.0 Å². The van der Waals surface area contributed by atoms with Gasteiger partial charge in [-0.15, -0.1) is 0 Å². The van der Waals surface area contributed by atoms with Crippen molar-refractivity contribution in [2.45, 2.75) is 31.6 Å². The number of Topliss-reactive ketones (excluding diaryl/α,β-unsaturated/α-hetero) is 1. The maximum Gasteiger partial charge on any atom is 0.231 e. The molecular weight excluding hydrogens is 410 g/mol. The van der Waals surface area contributed by atoms with Gasteiger partial charge in [0, 0.05) is 43.0 Å². The Bertz CT molecular complexity index is 1120. The Balaban J connectivity index is 1.14. The summed E-state index contributed by atoms with van der Waals surface area (Å²) in [7, 11) is 0. The van der Waals surface area contributed by atoms with Gasteiger partial charge in [0.05, 0.1) is 0 Å². The molecule has 8 heteroatoms. The highest BCUT2D eigenvalue weighted by molar-refractivity contribution is 5.97. The monoisotopic (exact) mass is 433 g/mol. The topological polar surface area (TPSA) is 94.8 Å². The molecule has 32 heavy (non-hydrogen) atoms. The Morgan fingerprint density at radius 3 is 2.56 bits per heavy atom. The maximum atomic E-state index is 12.6. The molecule has 0 atom stereocenters. The van der Waals surface area contributed by atoms with Crippen molar-refractivity contribution in [1.82, 2.24) is 15.0 Å². The second kappa shape index (κ2) is 8.82. The highest BCUT2D eigenvalue weighted by Crippen LogP contribution is 2.36. The molecule has 8 nitrogen and oxygen atoms in total. The Labute approximate surface area is 185 Å². The number of likely N-dealkylation sites (tertiary alicyclic amines) is 1. The second-order valence-electron chi connectivity index (χ2n) is 7.97. The molecule has 0 unspecified atom stereocenters. The van der Waals surface area contributed by atoms with Gasteiger partial charge < -0.3 is 18.9 Å². The molecule has 1 aromatic heterocycles. The summed E-state index contributed by atoms with van der Waals surface area (Å²) in [5.41, 5.74) is 1.45. The predicted octanol–water partition coefficient (Wildman–Crippen LogP) is 3.83. The number of hydrogen-bond acceptors (Lipinski definition) is 7. The van der Waals surface area contributed by atoms with Gasteiger partial charge in [-0.25, -0.2) is 0 Å². The summed E-state index contributed by atoms with van der Waals surface area (Å²) in [6, 6.07) is 14.6. The van der Waals surface area contributed by atoms with E-state index in [2.05, 4.69) is 10.1 Å². The highest BCUT2D eigenvalue weighted by Gasteiger charge is 2.28. The third-order valence-corrected chi connectivity index (χ3v) is 5.93. The quantitative estimate of drug-likeness (QED) is 0.545. The SMILES string of the molecule is O=C(CCC(=O)N1CCC(c2nc(-c3ccc4c(c3)OCO4)no2)CC1)c1ccccc1. The van der Waals surface area contributed by atoms with Crippen molar-refractivity contribution in [2.24, 2.45) is 0 Å². The zero-order valence-electron chi connectivity index (χ0n) is 17.5. The molecule has 0 bridgehead atoms. The van der Waals surface area contributed by atoms with E-state index in [4.69, 9.17) is 14.0 Å². The third-order valence-electron chi connectivity index (χ3n) is 5.93. The molecule has 0 radical (unpaired) electrons. The van der Waals surface area contributed by atoms with E-state index in [0.29, 0.717) is 41.9 Å². The summed E-state index contributed by atoms with van der Waals surface area (Å²) in [6.07, 6.45) is 1.96. The first-order chi connectivity index (χ1) is 15.7. The van der Waals surface area contributed by atoms with Crippen molar-refractivity contribution in [1.29, 1.82) is 0 Å². The van der Waals surface area contributed by atoms with Crippen LogP contribution in [0, 0.1) is 0 Å². The largest absolute Gasteiger partial charge is 0.454 e. The van der Waals surface area contributed by atoms with Crippen molar-refractivity contribution in [3.8, 4) is 22.9 Å². The van der Waals surface area contributed by atoms with E-state index in [-0.39, 0.29) is 37.2 Å². The van der Waals surface area contributed by atoms with Crippen LogP contribution in [-0.2, 0) is 4.79 Å². The molecule has 2 aliphatic rings. The van der Waals surface area contributed by atoms with Gasteiger partial charge in [-0.2, -0.15) is 4.98 Å². The fraction of sp³-hybridized carbons (Fsp3) is 0.333. The molecule has 2 aromatic carbocycles. The Morgan fingerprint density at radius 2 is 1.75 bits per heavy atom. The smallest absolute Gasteiger partial charge is 0.231 e. The van der Waals surface area contributed by atoms with Crippen LogP contribution < -0.4 is 9.47 Å². The maximum absolute atomic E-state index is 12.6. The van der Waals surface area contributed by atoms with Crippen LogP contribution in [0.15, 0.2) is 53.1 Å². The summed E-state index contributed by atoms with van der Waals surface area (Å²) >= 11 is 0. The number of rotatable bonds is 6. The van der Waals surface area contributed by atoms with Crippen molar-refractivity contribution in [2.75, 3.05) is 19.9 Å². The first-order valence-corrected chi connectivity index (χ1v) is 10.8. The summed E-state index contributed by atoms with van der Waals surface area (Å²) in [5, 5.41) is 4.12. The summed E-state index contributed by atoms with van der Waals surface area (Å²) in [6.45, 7) is 1.45. The zero-order chi connectivity index (χ0) is 21.9. The molecule has 3 aromatic rings. The Kier molecular flexibility index (Phi) is 5.58. The molecule has 1 amide bonds. The van der Waals surface area contributed by atoms with Crippen molar-refractivity contribution >= 4 is 11.7 Å². The van der Waals surface area contributed by atoms with Crippen LogP contribution in [-0.4, -0.2) is 46.6 Å². The van der Waals surface area contributed by atoms with Gasteiger partial charge in [-0.3, -0.25) is 9.59 Å². The van der Waals surface area contributed by atoms with Gasteiger partial charge >= 0.3 is 0 Å². The zero-order valence-corrected chi connectivity index (χ0v) is 17.5. The van der Waals surface area contributed by atoms with Crippen molar-refractivity contribution in [3.63, 3.8) is 0 Å². The number of carbonyl (C=O) groups excluding carboxylic acids is 2. The molecule has 1 saturated heterocycles. The summed E-state index contributed by atoms with van der Waals surface area (Å²) in [5.74, 6) is 2.60. The molecule has 3 heterocycles. The minimum absolute atomic E-state index is 0.00394. The van der Waals surface area contributed by atoms with Gasteiger partial charge in [-0.1, -0.05) is 35.5 Å². The molecule has 0 aliphatic carbocycles. The second-order valence-corrected chi connectivity index (χ2v) is 7.97. The average molecular weight is 433 g/mol. The van der Waals surface area contributed by atoms with E-state index in [1.807, 2.05) is 41.3 Å². The van der Waals surface area contributed by atoms with Gasteiger partial charge in [0.25, 0.3) is 0 Å². The fourth-order valence-corrected chi connectivity index (χ4v) is 4.08. The highest BCUT2D eigenvalue weighted by atomic mass is 16.7. The van der Waals surface area contributed by atoms with Crippen LogP contribution in [0.3, 0.4) is 0 Å². The van der Waals surface area contributed by atoms with Gasteiger partial charge in [0.1, 0.15) is 0 Å². The number of nitrogens with zero attached hydrogens (tertiary/aromatic N) is 3. The number of piperidine rings is 1. The first-order valence-electron chi connectivity index (χ1n) is 10.8. The molecular formula is C24H23N3O5. The Morgan fingerprint density at radius 1 is 0.969 bits per heavy atom. The predicted molar refractivity (Wildman–Crippen MR) is 114 cm³/mol. The number of amides is 1. The number of ether oxygens (including phenoxy) is 2. The van der Waals surface area contributed by atoms with Gasteiger partial charge in [0.15, 0.2) is 17.3 Å². The van der Waals surface area contributed by atoms with Crippen LogP contribution in [0.25, 0.3) is 11.4 Å². The third kappa shape index (κ3) is 4.21. The number of ketones is 1. The lowest BCUT2D eigenvalue weighted by atomic mass is 9.96. The standard InChI is InChI=1S/C24H23N3O5/c28-19(16-4-2-1-3-5-16)7-9-22(29)27-12-10-17(11-13-27)24-25-23(26-32-24)18-6-8-20-21(14-18)31-15-30-20/h1-6,8,14,17H,7,9-13,15H2. The van der Waals surface area contributed by atoms with Crippen LogP contribution in [0.4, 0.5) is 0 Å². The van der Waals surface area contributed by atoms with E-state index < -0.39 is 0 Å². The van der Waals surface area contributed by atoms with Gasteiger partial charge in [0.2, 0.25) is 24.4 Å². The van der Waals surface area contributed by atoms with E-state index in [1.165, 1.54) is 0 Å². The number of fused-ring (bicyclic) bond motifs is 1. The number of carbonyl (C=O) groups is 2. The lowest BCUT2D eigenvalue weighted by molar-refractivity contribution is -0.132. The van der Waals surface area contributed by atoms with Gasteiger partial charge in [-0.05, 0) is 31.0 Å². The number of benzene rings is 2. The molecule has 0 N–H and O–H groups in total. The van der Waals surface area contributed by atoms with Crippen LogP contribution in [0.2, 0.25) is 0 Å². The minimum Gasteiger partial charge on any atom is -0.454 e. The number of aromatic nitrogens is 2. The lowest BCUT2D eigenvalue weighted by Gasteiger charge is -2.30. The van der Waals surface area contributed by atoms with Crippen LogP contribution >= 0.6 is 0 Å². The van der Waals surface area contributed by atoms with Crippen LogP contribution in [0.5, 0.6) is 11.5 Å². The molecule has 2 aliphatic heterocycles. The molecule has 0 saturated carbocycles. The molecule has 1 fully saturated rings. The van der Waals surface area contributed by atoms with E-state index >= 15 is 0 Å². The fourth-order valence-electron chi connectivity index (χ4n) is 4.08. The molecule has 164 valence electrons. The molecule has 0 spiro atoms. The lowest BCUT2D eigenvalue weighted by Crippen LogP contribution is -2.38. The van der Waals surface area contributed by atoms with E-state index in [1.54, 1.807) is 12.1 Å². The number of hydrogen-bond donors (Lipinski definition) is 0. The van der Waals surface area contributed by atoms with E-state index in [0.717, 1.165) is 18.4 Å². The summed E-state index contributed by atoms with van der Waals surface area (Å²) < 4.78 is 16.3. The summed E-state index contributed by atoms with van der Waals surface area (Å²) in [4.78, 5) is 31.2.